The van der Waals surface area contributed by atoms with Gasteiger partial charge in [-0.25, -0.2) is 0 Å². The van der Waals surface area contributed by atoms with Crippen LogP contribution in [0.25, 0.3) is 0 Å². The zero-order valence-electron chi connectivity index (χ0n) is 12.8. The van der Waals surface area contributed by atoms with E-state index in [9.17, 15) is 0 Å². The monoisotopic (exact) mass is 314 g/mol. The second-order valence-corrected chi connectivity index (χ2v) is 6.12. The summed E-state index contributed by atoms with van der Waals surface area (Å²) in [4.78, 5) is 2.54. The van der Waals surface area contributed by atoms with Crippen LogP contribution in [-0.2, 0) is 0 Å². The first-order chi connectivity index (χ1) is 10.9. The lowest BCUT2D eigenvalue weighted by Crippen LogP contribution is -2.51. The maximum atomic E-state index is 6.43. The summed E-state index contributed by atoms with van der Waals surface area (Å²) < 4.78 is 0. The van der Waals surface area contributed by atoms with Gasteiger partial charge in [0.1, 0.15) is 0 Å². The Bertz CT molecular complexity index is 513. The van der Waals surface area contributed by atoms with Crippen LogP contribution in [0.2, 0.25) is 0 Å². The van der Waals surface area contributed by atoms with Crippen molar-refractivity contribution in [2.45, 2.75) is 12.0 Å². The molecule has 1 saturated heterocycles. The van der Waals surface area contributed by atoms with E-state index in [0.29, 0.717) is 17.8 Å². The van der Waals surface area contributed by atoms with Crippen LogP contribution in [0.1, 0.15) is 17.0 Å². The Labute approximate surface area is 138 Å². The van der Waals surface area contributed by atoms with E-state index in [-0.39, 0.29) is 0 Å². The second-order valence-electron chi connectivity index (χ2n) is 5.81. The lowest BCUT2D eigenvalue weighted by Gasteiger charge is -2.39. The number of nitrogens with one attached hydrogen (secondary N) is 1. The van der Waals surface area contributed by atoms with E-state index < -0.39 is 0 Å². The summed E-state index contributed by atoms with van der Waals surface area (Å²) in [6.07, 6.45) is 0. The maximum absolute atomic E-state index is 6.43. The first kappa shape index (κ1) is 15.5. The van der Waals surface area contributed by atoms with E-state index in [1.807, 2.05) is 0 Å². The number of hydrogen-bond acceptors (Lipinski definition) is 2. The Kier molecular flexibility index (Phi) is 5.49. The highest BCUT2D eigenvalue weighted by atomic mass is 35.5. The van der Waals surface area contributed by atoms with Crippen LogP contribution in [0.5, 0.6) is 0 Å². The molecule has 0 amide bonds. The van der Waals surface area contributed by atoms with Gasteiger partial charge in [0.25, 0.3) is 0 Å². The summed E-state index contributed by atoms with van der Waals surface area (Å²) in [5, 5.41) is 3.43. The fraction of sp³-hybridized carbons (Fsp3) is 0.368. The molecule has 1 aliphatic rings. The van der Waals surface area contributed by atoms with Gasteiger partial charge in [-0.3, -0.25) is 4.90 Å². The Morgan fingerprint density at radius 2 is 1.36 bits per heavy atom. The van der Waals surface area contributed by atoms with Crippen LogP contribution in [0.4, 0.5) is 0 Å². The third-order valence-corrected chi connectivity index (χ3v) is 4.80. The highest BCUT2D eigenvalue weighted by Gasteiger charge is 2.30. The molecule has 22 heavy (non-hydrogen) atoms. The number of hydrogen-bond donors (Lipinski definition) is 1. The van der Waals surface area contributed by atoms with Crippen LogP contribution < -0.4 is 5.32 Å². The molecular weight excluding hydrogens is 292 g/mol. The lowest BCUT2D eigenvalue weighted by atomic mass is 9.84. The van der Waals surface area contributed by atoms with Crippen molar-refractivity contribution in [3.8, 4) is 0 Å². The predicted octanol–water partition coefficient (Wildman–Crippen LogP) is 3.33. The topological polar surface area (TPSA) is 15.3 Å². The third-order valence-electron chi connectivity index (χ3n) is 4.48. The molecule has 2 nitrogen and oxygen atoms in total. The van der Waals surface area contributed by atoms with Gasteiger partial charge in [0, 0.05) is 44.0 Å². The average molecular weight is 315 g/mol. The summed E-state index contributed by atoms with van der Waals surface area (Å²) in [6.45, 7) is 4.22. The second kappa shape index (κ2) is 7.77. The van der Waals surface area contributed by atoms with Gasteiger partial charge >= 0.3 is 0 Å². The fourth-order valence-electron chi connectivity index (χ4n) is 3.37. The molecule has 1 N–H and O–H groups in total. The Hall–Kier alpha value is -1.35. The zero-order valence-corrected chi connectivity index (χ0v) is 13.5. The molecule has 0 spiro atoms. The Morgan fingerprint density at radius 1 is 0.864 bits per heavy atom. The summed E-state index contributed by atoms with van der Waals surface area (Å²) in [7, 11) is 0. The van der Waals surface area contributed by atoms with Gasteiger partial charge in [-0.15, -0.1) is 11.6 Å². The summed E-state index contributed by atoms with van der Waals surface area (Å²) in [6, 6.07) is 21.8. The number of alkyl halides is 1. The molecule has 0 radical (unpaired) electrons. The maximum Gasteiger partial charge on any atom is 0.0388 e. The van der Waals surface area contributed by atoms with Crippen LogP contribution >= 0.6 is 11.6 Å². The molecule has 116 valence electrons. The molecule has 3 heteroatoms. The van der Waals surface area contributed by atoms with Crippen LogP contribution in [0.3, 0.4) is 0 Å². The number of halogens is 1. The largest absolute Gasteiger partial charge is 0.314 e. The number of piperazine rings is 1. The predicted molar refractivity (Wildman–Crippen MR) is 93.7 cm³/mol. The molecule has 2 aromatic rings. The summed E-state index contributed by atoms with van der Waals surface area (Å²) in [5.74, 6) is 0.965. The Balaban J connectivity index is 1.96. The first-order valence-electron chi connectivity index (χ1n) is 8.01. The Morgan fingerprint density at radius 3 is 1.82 bits per heavy atom. The van der Waals surface area contributed by atoms with Gasteiger partial charge in [0.2, 0.25) is 0 Å². The van der Waals surface area contributed by atoms with Crippen molar-refractivity contribution in [3.05, 3.63) is 71.8 Å². The molecule has 2 aromatic carbocycles. The van der Waals surface area contributed by atoms with Gasteiger partial charge in [-0.05, 0) is 11.1 Å². The molecular formula is C19H23ClN2. The number of benzene rings is 2. The lowest BCUT2D eigenvalue weighted by molar-refractivity contribution is 0.173. The minimum Gasteiger partial charge on any atom is -0.314 e. The van der Waals surface area contributed by atoms with Crippen molar-refractivity contribution < 1.29 is 0 Å². The van der Waals surface area contributed by atoms with Crippen molar-refractivity contribution in [1.29, 1.82) is 0 Å². The molecule has 0 bridgehead atoms. The molecule has 1 unspecified atom stereocenters. The summed E-state index contributed by atoms with van der Waals surface area (Å²) in [5.41, 5.74) is 2.69. The molecule has 3 rings (SSSR count). The molecule has 1 aliphatic heterocycles. The quantitative estimate of drug-likeness (QED) is 0.852. The van der Waals surface area contributed by atoms with Crippen LogP contribution in [0.15, 0.2) is 60.7 Å². The van der Waals surface area contributed by atoms with E-state index in [4.69, 9.17) is 11.6 Å². The molecule has 1 atom stereocenters. The number of nitrogens with zero attached hydrogens (tertiary/aromatic N) is 1. The van der Waals surface area contributed by atoms with E-state index in [0.717, 1.165) is 26.2 Å². The SMILES string of the molecule is ClCC(C(c1ccccc1)c1ccccc1)N1CCNCC1. The van der Waals surface area contributed by atoms with Gasteiger partial charge in [0.15, 0.2) is 0 Å². The highest BCUT2D eigenvalue weighted by Crippen LogP contribution is 2.31. The van der Waals surface area contributed by atoms with E-state index in [1.54, 1.807) is 0 Å². The zero-order chi connectivity index (χ0) is 15.2. The minimum atomic E-state index is 0.318. The summed E-state index contributed by atoms with van der Waals surface area (Å²) >= 11 is 6.43. The fourth-order valence-corrected chi connectivity index (χ4v) is 3.74. The van der Waals surface area contributed by atoms with Gasteiger partial charge in [-0.1, -0.05) is 60.7 Å². The van der Waals surface area contributed by atoms with Crippen molar-refractivity contribution in [2.24, 2.45) is 0 Å². The molecule has 0 aromatic heterocycles. The van der Waals surface area contributed by atoms with Crippen molar-refractivity contribution in [2.75, 3.05) is 32.1 Å². The van der Waals surface area contributed by atoms with E-state index in [2.05, 4.69) is 70.9 Å². The minimum absolute atomic E-state index is 0.318. The van der Waals surface area contributed by atoms with E-state index >= 15 is 0 Å². The van der Waals surface area contributed by atoms with Crippen molar-refractivity contribution in [1.82, 2.24) is 10.2 Å². The van der Waals surface area contributed by atoms with Crippen molar-refractivity contribution >= 4 is 11.6 Å². The average Bonchev–Trinajstić information content (AvgIpc) is 2.62. The van der Waals surface area contributed by atoms with Gasteiger partial charge < -0.3 is 5.32 Å². The molecule has 1 heterocycles. The van der Waals surface area contributed by atoms with Crippen LogP contribution in [0, 0.1) is 0 Å². The molecule has 0 aliphatic carbocycles. The molecule has 0 saturated carbocycles. The van der Waals surface area contributed by atoms with E-state index in [1.165, 1.54) is 11.1 Å². The first-order valence-corrected chi connectivity index (χ1v) is 8.54. The molecule has 1 fully saturated rings. The van der Waals surface area contributed by atoms with Crippen molar-refractivity contribution in [3.63, 3.8) is 0 Å². The normalized spacial score (nSPS) is 17.5. The smallest absolute Gasteiger partial charge is 0.0388 e. The number of rotatable bonds is 5. The van der Waals surface area contributed by atoms with Gasteiger partial charge in [-0.2, -0.15) is 0 Å². The highest BCUT2D eigenvalue weighted by molar-refractivity contribution is 6.18. The third kappa shape index (κ3) is 3.52. The van der Waals surface area contributed by atoms with Crippen LogP contribution in [-0.4, -0.2) is 43.0 Å². The van der Waals surface area contributed by atoms with Gasteiger partial charge in [0.05, 0.1) is 0 Å². The standard InChI is InChI=1S/C19H23ClN2/c20-15-18(22-13-11-21-12-14-22)19(16-7-3-1-4-8-16)17-9-5-2-6-10-17/h1-10,18-19,21H,11-15H2.